The van der Waals surface area contributed by atoms with Crippen LogP contribution in [0, 0.1) is 5.82 Å². The van der Waals surface area contributed by atoms with Crippen molar-refractivity contribution < 1.29 is 30.6 Å². The Morgan fingerprint density at radius 3 is 2.00 bits per heavy atom. The number of halogens is 6. The molecule has 0 heterocycles. The highest BCUT2D eigenvalue weighted by Crippen LogP contribution is 2.35. The average Bonchev–Trinajstić information content (AvgIpc) is 2.37. The Kier molecular flexibility index (Phi) is 5.90. The SMILES string of the molecule is CN([C@@H](c1ccc(C(F)(F)F)cc1F)C(F)F)S(=O)C(C)(C)C. The van der Waals surface area contributed by atoms with Crippen molar-refractivity contribution in [2.75, 3.05) is 7.05 Å². The lowest BCUT2D eigenvalue weighted by Gasteiger charge is -2.32. The van der Waals surface area contributed by atoms with Gasteiger partial charge in [0.05, 0.1) is 10.3 Å². The van der Waals surface area contributed by atoms with Gasteiger partial charge in [0.1, 0.15) is 22.8 Å². The Morgan fingerprint density at radius 2 is 1.65 bits per heavy atom. The fourth-order valence-electron chi connectivity index (χ4n) is 1.97. The highest BCUT2D eigenvalue weighted by atomic mass is 32.2. The molecular formula is C14H17F6NOS. The summed E-state index contributed by atoms with van der Waals surface area (Å²) < 4.78 is 90.3. The van der Waals surface area contributed by atoms with Crippen molar-refractivity contribution >= 4 is 11.0 Å². The molecule has 1 aromatic rings. The van der Waals surface area contributed by atoms with E-state index in [9.17, 15) is 30.6 Å². The van der Waals surface area contributed by atoms with Gasteiger partial charge in [0.25, 0.3) is 6.43 Å². The van der Waals surface area contributed by atoms with Gasteiger partial charge in [0, 0.05) is 12.6 Å². The molecule has 0 bridgehead atoms. The van der Waals surface area contributed by atoms with E-state index in [0.717, 1.165) is 11.4 Å². The van der Waals surface area contributed by atoms with Crippen LogP contribution in [0.2, 0.25) is 0 Å². The molecule has 0 aliphatic rings. The predicted molar refractivity (Wildman–Crippen MR) is 75.8 cm³/mol. The van der Waals surface area contributed by atoms with E-state index >= 15 is 0 Å². The number of hydrogen-bond acceptors (Lipinski definition) is 1. The summed E-state index contributed by atoms with van der Waals surface area (Å²) in [7, 11) is -0.779. The van der Waals surface area contributed by atoms with Gasteiger partial charge >= 0.3 is 6.18 Å². The summed E-state index contributed by atoms with van der Waals surface area (Å²) in [6.45, 7) is 4.64. The summed E-state index contributed by atoms with van der Waals surface area (Å²) in [6.07, 6.45) is -7.91. The van der Waals surface area contributed by atoms with E-state index in [1.54, 1.807) is 20.8 Å². The second-order valence-corrected chi connectivity index (χ2v) is 8.22. The second-order valence-electron chi connectivity index (χ2n) is 5.92. The monoisotopic (exact) mass is 361 g/mol. The van der Waals surface area contributed by atoms with Crippen LogP contribution in [0.15, 0.2) is 18.2 Å². The Balaban J connectivity index is 3.30. The molecule has 1 aromatic carbocycles. The van der Waals surface area contributed by atoms with Gasteiger partial charge in [-0.1, -0.05) is 6.07 Å². The maximum atomic E-state index is 14.0. The maximum absolute atomic E-state index is 14.0. The normalized spacial score (nSPS) is 16.0. The van der Waals surface area contributed by atoms with Gasteiger partial charge in [0.2, 0.25) is 0 Å². The van der Waals surface area contributed by atoms with Gasteiger partial charge in [-0.3, -0.25) is 0 Å². The molecule has 1 rings (SSSR count). The summed E-state index contributed by atoms with van der Waals surface area (Å²) in [5, 5.41) is 0. The molecule has 1 unspecified atom stereocenters. The minimum absolute atomic E-state index is 0.165. The van der Waals surface area contributed by atoms with Crippen LogP contribution in [0.25, 0.3) is 0 Å². The summed E-state index contributed by atoms with van der Waals surface area (Å²) >= 11 is 0. The Morgan fingerprint density at radius 1 is 1.13 bits per heavy atom. The van der Waals surface area contributed by atoms with Crippen LogP contribution in [-0.4, -0.2) is 26.7 Å². The maximum Gasteiger partial charge on any atom is 0.416 e. The van der Waals surface area contributed by atoms with Crippen molar-refractivity contribution in [3.8, 4) is 0 Å². The lowest BCUT2D eigenvalue weighted by Crippen LogP contribution is -2.40. The minimum Gasteiger partial charge on any atom is -0.242 e. The lowest BCUT2D eigenvalue weighted by molar-refractivity contribution is -0.137. The van der Waals surface area contributed by atoms with Crippen LogP contribution < -0.4 is 0 Å². The molecule has 0 aliphatic carbocycles. The van der Waals surface area contributed by atoms with E-state index in [-0.39, 0.29) is 6.07 Å². The number of benzene rings is 1. The molecule has 0 N–H and O–H groups in total. The number of alkyl halides is 5. The quantitative estimate of drug-likeness (QED) is 0.721. The molecule has 0 aliphatic heterocycles. The summed E-state index contributed by atoms with van der Waals surface area (Å²) in [5.41, 5.74) is -1.90. The Labute approximate surface area is 133 Å². The first-order valence-corrected chi connectivity index (χ1v) is 7.67. The van der Waals surface area contributed by atoms with Crippen molar-refractivity contribution in [3.05, 3.63) is 35.1 Å². The number of hydrogen-bond donors (Lipinski definition) is 0. The molecule has 0 amide bonds. The van der Waals surface area contributed by atoms with Gasteiger partial charge in [-0.05, 0) is 32.9 Å². The smallest absolute Gasteiger partial charge is 0.242 e. The molecule has 0 spiro atoms. The molecule has 0 saturated heterocycles. The fourth-order valence-corrected chi connectivity index (χ4v) is 3.24. The molecule has 132 valence electrons. The minimum atomic E-state index is -4.78. The zero-order valence-electron chi connectivity index (χ0n) is 12.9. The van der Waals surface area contributed by atoms with Crippen LogP contribution in [0.4, 0.5) is 26.3 Å². The third-order valence-corrected chi connectivity index (χ3v) is 4.86. The topological polar surface area (TPSA) is 20.3 Å². The van der Waals surface area contributed by atoms with E-state index in [1.807, 2.05) is 0 Å². The molecule has 0 fully saturated rings. The molecule has 0 aromatic heterocycles. The lowest BCUT2D eigenvalue weighted by atomic mass is 10.0. The molecule has 9 heteroatoms. The highest BCUT2D eigenvalue weighted by Gasteiger charge is 2.38. The first-order valence-electron chi connectivity index (χ1n) is 6.56. The Bertz CT molecular complexity index is 582. The summed E-state index contributed by atoms with van der Waals surface area (Å²) in [4.78, 5) is 0. The van der Waals surface area contributed by atoms with Crippen molar-refractivity contribution in [3.63, 3.8) is 0 Å². The van der Waals surface area contributed by atoms with Crippen molar-refractivity contribution in [1.29, 1.82) is 0 Å². The first kappa shape index (κ1) is 20.0. The van der Waals surface area contributed by atoms with Crippen LogP contribution in [0.1, 0.15) is 37.9 Å². The summed E-state index contributed by atoms with van der Waals surface area (Å²) in [6, 6.07) is -0.566. The van der Waals surface area contributed by atoms with E-state index in [0.29, 0.717) is 12.1 Å². The third kappa shape index (κ3) is 4.69. The predicted octanol–water partition coefficient (Wildman–Crippen LogP) is 4.54. The zero-order chi connectivity index (χ0) is 18.2. The average molecular weight is 361 g/mol. The van der Waals surface area contributed by atoms with Crippen LogP contribution in [-0.2, 0) is 17.2 Å². The standard InChI is InChI=1S/C14H17F6NOS/c1-13(2,3)23(22)21(4)11(12(16)17)9-6-5-8(7-10(9)15)14(18,19)20/h5-7,11-12H,1-4H3/t11-,23?/m0/s1. The molecule has 2 nitrogen and oxygen atoms in total. The molecule has 2 atom stereocenters. The molecule has 23 heavy (non-hydrogen) atoms. The van der Waals surface area contributed by atoms with E-state index < -0.39 is 51.3 Å². The zero-order valence-corrected chi connectivity index (χ0v) is 13.7. The molecule has 0 saturated carbocycles. The number of nitrogens with zero attached hydrogens (tertiary/aromatic N) is 1. The third-order valence-electron chi connectivity index (χ3n) is 3.06. The van der Waals surface area contributed by atoms with Crippen molar-refractivity contribution in [2.24, 2.45) is 0 Å². The fraction of sp³-hybridized carbons (Fsp3) is 0.571. The van der Waals surface area contributed by atoms with Gasteiger partial charge in [-0.15, -0.1) is 0 Å². The van der Waals surface area contributed by atoms with Gasteiger partial charge in [0.15, 0.2) is 0 Å². The van der Waals surface area contributed by atoms with E-state index in [1.165, 1.54) is 0 Å². The van der Waals surface area contributed by atoms with Gasteiger partial charge in [-0.25, -0.2) is 21.7 Å². The van der Waals surface area contributed by atoms with Crippen LogP contribution in [0.3, 0.4) is 0 Å². The highest BCUT2D eigenvalue weighted by molar-refractivity contribution is 7.84. The summed E-state index contributed by atoms with van der Waals surface area (Å²) in [5.74, 6) is -1.41. The largest absolute Gasteiger partial charge is 0.416 e. The van der Waals surface area contributed by atoms with E-state index in [4.69, 9.17) is 0 Å². The van der Waals surface area contributed by atoms with Gasteiger partial charge < -0.3 is 0 Å². The molecule has 0 radical (unpaired) electrons. The van der Waals surface area contributed by atoms with Crippen molar-refractivity contribution in [1.82, 2.24) is 4.31 Å². The second kappa shape index (κ2) is 6.80. The first-order chi connectivity index (χ1) is 10.3. The van der Waals surface area contributed by atoms with Gasteiger partial charge in [-0.2, -0.15) is 13.2 Å². The van der Waals surface area contributed by atoms with Crippen LogP contribution in [0.5, 0.6) is 0 Å². The Hall–Kier alpha value is -1.09. The molecular weight excluding hydrogens is 344 g/mol. The number of rotatable bonds is 4. The van der Waals surface area contributed by atoms with E-state index in [2.05, 4.69) is 0 Å². The van der Waals surface area contributed by atoms with Crippen molar-refractivity contribution in [2.45, 2.75) is 44.2 Å². The van der Waals surface area contributed by atoms with Crippen LogP contribution >= 0.6 is 0 Å².